The molecule has 1 amide bonds. The van der Waals surface area contributed by atoms with Crippen molar-refractivity contribution in [3.05, 3.63) is 59.4 Å². The van der Waals surface area contributed by atoms with E-state index >= 15 is 0 Å². The SMILES string of the molecule is O=C(NC1CC1)c1cccc(-c2cc(F)ccc2C(=O)O)c1. The summed E-state index contributed by atoms with van der Waals surface area (Å²) in [7, 11) is 0. The Kier molecular flexibility index (Phi) is 3.63. The van der Waals surface area contributed by atoms with Crippen molar-refractivity contribution in [2.75, 3.05) is 0 Å². The third-order valence-corrected chi connectivity index (χ3v) is 3.56. The van der Waals surface area contributed by atoms with Gasteiger partial charge >= 0.3 is 5.97 Å². The Morgan fingerprint density at radius 3 is 2.59 bits per heavy atom. The van der Waals surface area contributed by atoms with E-state index in [1.807, 2.05) is 0 Å². The van der Waals surface area contributed by atoms with Crippen molar-refractivity contribution >= 4 is 11.9 Å². The van der Waals surface area contributed by atoms with Crippen molar-refractivity contribution in [1.29, 1.82) is 0 Å². The summed E-state index contributed by atoms with van der Waals surface area (Å²) in [5, 5.41) is 12.1. The molecule has 1 fully saturated rings. The van der Waals surface area contributed by atoms with Gasteiger partial charge in [0, 0.05) is 11.6 Å². The molecule has 0 atom stereocenters. The number of halogens is 1. The van der Waals surface area contributed by atoms with E-state index < -0.39 is 11.8 Å². The Morgan fingerprint density at radius 2 is 1.91 bits per heavy atom. The number of amides is 1. The minimum Gasteiger partial charge on any atom is -0.478 e. The van der Waals surface area contributed by atoms with Gasteiger partial charge in [-0.1, -0.05) is 12.1 Å². The van der Waals surface area contributed by atoms with Gasteiger partial charge in [-0.3, -0.25) is 4.79 Å². The predicted octanol–water partition coefficient (Wildman–Crippen LogP) is 3.08. The molecular weight excluding hydrogens is 285 g/mol. The average Bonchev–Trinajstić information content (AvgIpc) is 3.31. The maximum Gasteiger partial charge on any atom is 0.336 e. The van der Waals surface area contributed by atoms with Crippen LogP contribution in [0.25, 0.3) is 11.1 Å². The number of carbonyl (C=O) groups is 2. The summed E-state index contributed by atoms with van der Waals surface area (Å²) in [6, 6.07) is 10.3. The van der Waals surface area contributed by atoms with Gasteiger partial charge in [-0.25, -0.2) is 9.18 Å². The van der Waals surface area contributed by atoms with E-state index in [1.165, 1.54) is 12.1 Å². The van der Waals surface area contributed by atoms with E-state index in [0.29, 0.717) is 11.1 Å². The van der Waals surface area contributed by atoms with Crippen molar-refractivity contribution in [3.63, 3.8) is 0 Å². The Bertz CT molecular complexity index is 753. The third kappa shape index (κ3) is 2.98. The van der Waals surface area contributed by atoms with Gasteiger partial charge in [-0.15, -0.1) is 0 Å². The zero-order valence-corrected chi connectivity index (χ0v) is 11.7. The minimum atomic E-state index is -1.14. The Hall–Kier alpha value is -2.69. The van der Waals surface area contributed by atoms with Crippen LogP contribution in [0.2, 0.25) is 0 Å². The minimum absolute atomic E-state index is 0.00107. The van der Waals surface area contributed by atoms with Crippen LogP contribution in [0, 0.1) is 5.82 Å². The molecule has 1 saturated carbocycles. The second kappa shape index (κ2) is 5.60. The standard InChI is InChI=1S/C17H14FNO3/c18-12-4-7-14(17(21)22)15(9-12)10-2-1-3-11(8-10)16(20)19-13-5-6-13/h1-4,7-9,13H,5-6H2,(H,19,20)(H,21,22). The molecule has 3 rings (SSSR count). The van der Waals surface area contributed by atoms with Crippen molar-refractivity contribution < 1.29 is 19.1 Å². The normalized spacial score (nSPS) is 13.7. The van der Waals surface area contributed by atoms with Crippen LogP contribution < -0.4 is 5.32 Å². The smallest absolute Gasteiger partial charge is 0.336 e. The van der Waals surface area contributed by atoms with Crippen LogP contribution in [-0.2, 0) is 0 Å². The summed E-state index contributed by atoms with van der Waals surface area (Å²) in [5.41, 5.74) is 1.19. The molecule has 112 valence electrons. The quantitative estimate of drug-likeness (QED) is 0.911. The first-order chi connectivity index (χ1) is 10.5. The number of hydrogen-bond acceptors (Lipinski definition) is 2. The maximum absolute atomic E-state index is 13.5. The summed E-state index contributed by atoms with van der Waals surface area (Å²) in [6.07, 6.45) is 1.97. The van der Waals surface area contributed by atoms with Gasteiger partial charge in [-0.05, 0) is 54.3 Å². The first kappa shape index (κ1) is 14.3. The fourth-order valence-electron chi connectivity index (χ4n) is 2.27. The number of carboxylic acid groups (broad SMARTS) is 1. The van der Waals surface area contributed by atoms with E-state index in [2.05, 4.69) is 5.32 Å². The van der Waals surface area contributed by atoms with Crippen LogP contribution in [-0.4, -0.2) is 23.0 Å². The highest BCUT2D eigenvalue weighted by Crippen LogP contribution is 2.26. The largest absolute Gasteiger partial charge is 0.478 e. The van der Waals surface area contributed by atoms with Crippen LogP contribution in [0.4, 0.5) is 4.39 Å². The molecule has 0 aromatic heterocycles. The molecule has 0 saturated heterocycles. The van der Waals surface area contributed by atoms with Gasteiger partial charge in [0.25, 0.3) is 5.91 Å². The van der Waals surface area contributed by atoms with Gasteiger partial charge < -0.3 is 10.4 Å². The van der Waals surface area contributed by atoms with Crippen LogP contribution in [0.15, 0.2) is 42.5 Å². The molecule has 1 aliphatic carbocycles. The maximum atomic E-state index is 13.5. The highest BCUT2D eigenvalue weighted by atomic mass is 19.1. The summed E-state index contributed by atoms with van der Waals surface area (Å²) >= 11 is 0. The molecule has 0 bridgehead atoms. The summed E-state index contributed by atoms with van der Waals surface area (Å²) in [5.74, 6) is -1.85. The molecule has 22 heavy (non-hydrogen) atoms. The first-order valence-corrected chi connectivity index (χ1v) is 6.99. The molecule has 2 N–H and O–H groups in total. The van der Waals surface area contributed by atoms with E-state index in [-0.39, 0.29) is 23.1 Å². The molecule has 2 aromatic rings. The Labute approximate surface area is 126 Å². The summed E-state index contributed by atoms with van der Waals surface area (Å²) in [6.45, 7) is 0. The van der Waals surface area contributed by atoms with Crippen LogP contribution >= 0.6 is 0 Å². The molecule has 0 aliphatic heterocycles. The van der Waals surface area contributed by atoms with Gasteiger partial charge in [-0.2, -0.15) is 0 Å². The fraction of sp³-hybridized carbons (Fsp3) is 0.176. The van der Waals surface area contributed by atoms with Gasteiger partial charge in [0.15, 0.2) is 0 Å². The number of hydrogen-bond donors (Lipinski definition) is 2. The number of nitrogens with one attached hydrogen (secondary N) is 1. The van der Waals surface area contributed by atoms with Crippen LogP contribution in [0.5, 0.6) is 0 Å². The highest BCUT2D eigenvalue weighted by Gasteiger charge is 2.24. The lowest BCUT2D eigenvalue weighted by Gasteiger charge is -2.09. The number of rotatable bonds is 4. The first-order valence-electron chi connectivity index (χ1n) is 6.99. The number of carbonyl (C=O) groups excluding carboxylic acids is 1. The molecule has 0 spiro atoms. The van der Waals surface area contributed by atoms with Crippen LogP contribution in [0.1, 0.15) is 33.6 Å². The molecule has 1 aliphatic rings. The lowest BCUT2D eigenvalue weighted by atomic mass is 9.97. The van der Waals surface area contributed by atoms with Gasteiger partial charge in [0.05, 0.1) is 5.56 Å². The molecule has 0 heterocycles. The zero-order chi connectivity index (χ0) is 15.7. The van der Waals surface area contributed by atoms with Crippen molar-refractivity contribution in [2.45, 2.75) is 18.9 Å². The molecule has 0 unspecified atom stereocenters. The second-order valence-corrected chi connectivity index (χ2v) is 5.32. The average molecular weight is 299 g/mol. The van der Waals surface area contributed by atoms with Gasteiger partial charge in [0.2, 0.25) is 0 Å². The summed E-state index contributed by atoms with van der Waals surface area (Å²) in [4.78, 5) is 23.3. The van der Waals surface area contributed by atoms with E-state index in [9.17, 15) is 19.1 Å². The van der Waals surface area contributed by atoms with E-state index in [0.717, 1.165) is 18.9 Å². The fourth-order valence-corrected chi connectivity index (χ4v) is 2.27. The number of benzene rings is 2. The van der Waals surface area contributed by atoms with E-state index in [4.69, 9.17) is 0 Å². The molecule has 4 nitrogen and oxygen atoms in total. The van der Waals surface area contributed by atoms with Crippen molar-refractivity contribution in [1.82, 2.24) is 5.32 Å². The molecule has 0 radical (unpaired) electrons. The zero-order valence-electron chi connectivity index (χ0n) is 11.7. The van der Waals surface area contributed by atoms with Crippen molar-refractivity contribution in [3.8, 4) is 11.1 Å². The number of carboxylic acids is 1. The molecule has 5 heteroatoms. The monoisotopic (exact) mass is 299 g/mol. The Morgan fingerprint density at radius 1 is 1.14 bits per heavy atom. The molecule has 2 aromatic carbocycles. The summed E-state index contributed by atoms with van der Waals surface area (Å²) < 4.78 is 13.5. The highest BCUT2D eigenvalue weighted by molar-refractivity contribution is 5.99. The lowest BCUT2D eigenvalue weighted by Crippen LogP contribution is -2.25. The van der Waals surface area contributed by atoms with Gasteiger partial charge in [0.1, 0.15) is 5.82 Å². The van der Waals surface area contributed by atoms with Crippen LogP contribution in [0.3, 0.4) is 0 Å². The third-order valence-electron chi connectivity index (χ3n) is 3.56. The molecular formula is C17H14FNO3. The topological polar surface area (TPSA) is 66.4 Å². The van der Waals surface area contributed by atoms with E-state index in [1.54, 1.807) is 24.3 Å². The lowest BCUT2D eigenvalue weighted by molar-refractivity contribution is 0.0697. The number of aromatic carboxylic acids is 1. The predicted molar refractivity (Wildman–Crippen MR) is 79.3 cm³/mol. The second-order valence-electron chi connectivity index (χ2n) is 5.32. The Balaban J connectivity index is 1.99. The van der Waals surface area contributed by atoms with Crippen molar-refractivity contribution in [2.24, 2.45) is 0 Å².